The quantitative estimate of drug-likeness (QED) is 0.807. The van der Waals surface area contributed by atoms with Crippen LogP contribution in [-0.2, 0) is 14.6 Å². The van der Waals surface area contributed by atoms with E-state index in [9.17, 15) is 13.2 Å². The number of amides is 1. The summed E-state index contributed by atoms with van der Waals surface area (Å²) >= 11 is 0. The molecule has 1 fully saturated rings. The second-order valence-corrected chi connectivity index (χ2v) is 7.34. The van der Waals surface area contributed by atoms with E-state index in [0.29, 0.717) is 12.1 Å². The van der Waals surface area contributed by atoms with Gasteiger partial charge >= 0.3 is 0 Å². The van der Waals surface area contributed by atoms with E-state index in [1.54, 1.807) is 18.2 Å². The third-order valence-corrected chi connectivity index (χ3v) is 5.12. The number of carbonyl (C=O) groups is 1. The highest BCUT2D eigenvalue weighted by atomic mass is 32.2. The highest BCUT2D eigenvalue weighted by Crippen LogP contribution is 2.22. The van der Waals surface area contributed by atoms with Gasteiger partial charge in [0.2, 0.25) is 5.91 Å². The lowest BCUT2D eigenvalue weighted by molar-refractivity contribution is -0.116. The van der Waals surface area contributed by atoms with Crippen molar-refractivity contribution >= 4 is 21.4 Å². The molecule has 1 unspecified atom stereocenters. The number of nitrogens with two attached hydrogens (primary N) is 1. The first-order chi connectivity index (χ1) is 9.98. The Hall–Kier alpha value is -1.84. The molecule has 1 atom stereocenters. The Morgan fingerprint density at radius 3 is 2.90 bits per heavy atom. The van der Waals surface area contributed by atoms with E-state index in [-0.39, 0.29) is 36.3 Å². The van der Waals surface area contributed by atoms with Crippen LogP contribution in [0.15, 0.2) is 24.3 Å². The zero-order valence-corrected chi connectivity index (χ0v) is 12.4. The minimum atomic E-state index is -2.94. The molecular weight excluding hydrogens is 288 g/mol. The van der Waals surface area contributed by atoms with Gasteiger partial charge in [-0.2, -0.15) is 0 Å². The van der Waals surface area contributed by atoms with Crippen LogP contribution in [0.3, 0.4) is 0 Å². The number of hydrogen-bond donors (Lipinski definition) is 2. The molecule has 6 heteroatoms. The molecular formula is C15H18N2O3S. The lowest BCUT2D eigenvalue weighted by Crippen LogP contribution is -2.17. The lowest BCUT2D eigenvalue weighted by atomic mass is 10.0. The largest absolute Gasteiger partial charge is 0.326 e. The highest BCUT2D eigenvalue weighted by Gasteiger charge is 2.29. The SMILES string of the molecule is NCC#Cc1cccc(NC(=O)CC2CCS(=O)(=O)C2)c1. The van der Waals surface area contributed by atoms with Crippen LogP contribution in [0.2, 0.25) is 0 Å². The summed E-state index contributed by atoms with van der Waals surface area (Å²) in [5.41, 5.74) is 6.75. The van der Waals surface area contributed by atoms with Crippen LogP contribution in [0.1, 0.15) is 18.4 Å². The fourth-order valence-electron chi connectivity index (χ4n) is 2.34. The average molecular weight is 306 g/mol. The van der Waals surface area contributed by atoms with Crippen LogP contribution in [0, 0.1) is 17.8 Å². The van der Waals surface area contributed by atoms with Crippen molar-refractivity contribution in [3.63, 3.8) is 0 Å². The molecule has 1 saturated heterocycles. The zero-order chi connectivity index (χ0) is 15.3. The summed E-state index contributed by atoms with van der Waals surface area (Å²) in [4.78, 5) is 11.9. The maximum absolute atomic E-state index is 11.9. The first-order valence-corrected chi connectivity index (χ1v) is 8.60. The van der Waals surface area contributed by atoms with Gasteiger partial charge in [0.25, 0.3) is 0 Å². The second-order valence-electron chi connectivity index (χ2n) is 5.11. The predicted molar refractivity (Wildman–Crippen MR) is 82.4 cm³/mol. The fraction of sp³-hybridized carbons (Fsp3) is 0.400. The molecule has 0 saturated carbocycles. The van der Waals surface area contributed by atoms with Gasteiger partial charge in [0.15, 0.2) is 9.84 Å². The second kappa shape index (κ2) is 6.74. The van der Waals surface area contributed by atoms with Gasteiger partial charge in [-0.25, -0.2) is 8.42 Å². The molecule has 0 aromatic heterocycles. The van der Waals surface area contributed by atoms with Crippen LogP contribution in [0.4, 0.5) is 5.69 Å². The maximum atomic E-state index is 11.9. The molecule has 3 N–H and O–H groups in total. The Morgan fingerprint density at radius 2 is 2.24 bits per heavy atom. The van der Waals surface area contributed by atoms with Crippen molar-refractivity contribution in [1.29, 1.82) is 0 Å². The molecule has 1 amide bonds. The van der Waals surface area contributed by atoms with E-state index in [1.165, 1.54) is 0 Å². The first-order valence-electron chi connectivity index (χ1n) is 6.78. The molecule has 1 aliphatic rings. The summed E-state index contributed by atoms with van der Waals surface area (Å²) in [6.45, 7) is 0.284. The average Bonchev–Trinajstić information content (AvgIpc) is 2.75. The number of anilines is 1. The van der Waals surface area contributed by atoms with E-state index in [4.69, 9.17) is 5.73 Å². The Kier molecular flexibility index (Phi) is 4.99. The Morgan fingerprint density at radius 1 is 1.43 bits per heavy atom. The van der Waals surface area contributed by atoms with Gasteiger partial charge in [0.1, 0.15) is 0 Å². The van der Waals surface area contributed by atoms with Crippen molar-refractivity contribution in [1.82, 2.24) is 0 Å². The van der Waals surface area contributed by atoms with E-state index >= 15 is 0 Å². The van der Waals surface area contributed by atoms with Crippen LogP contribution < -0.4 is 11.1 Å². The molecule has 0 bridgehead atoms. The third kappa shape index (κ3) is 4.88. The standard InChI is InChI=1S/C15H18N2O3S/c16-7-2-4-12-3-1-5-14(9-12)17-15(18)10-13-6-8-21(19,20)11-13/h1,3,5,9,13H,6-8,10-11,16H2,(H,17,18). The molecule has 2 rings (SSSR count). The minimum absolute atomic E-state index is 0.0739. The summed E-state index contributed by atoms with van der Waals surface area (Å²) in [6, 6.07) is 7.18. The molecule has 1 heterocycles. The molecule has 1 aliphatic heterocycles. The number of nitrogens with one attached hydrogen (secondary N) is 1. The van der Waals surface area contributed by atoms with Gasteiger partial charge in [-0.3, -0.25) is 4.79 Å². The van der Waals surface area contributed by atoms with Gasteiger partial charge in [-0.1, -0.05) is 17.9 Å². The van der Waals surface area contributed by atoms with Gasteiger partial charge in [-0.15, -0.1) is 0 Å². The molecule has 0 spiro atoms. The van der Waals surface area contributed by atoms with Crippen LogP contribution in [0.5, 0.6) is 0 Å². The predicted octanol–water partition coefficient (Wildman–Crippen LogP) is 0.760. The van der Waals surface area contributed by atoms with Crippen molar-refractivity contribution in [2.75, 3.05) is 23.4 Å². The van der Waals surface area contributed by atoms with E-state index in [1.807, 2.05) is 6.07 Å². The smallest absolute Gasteiger partial charge is 0.224 e. The molecule has 1 aromatic carbocycles. The maximum Gasteiger partial charge on any atom is 0.224 e. The number of carbonyl (C=O) groups excluding carboxylic acids is 1. The topological polar surface area (TPSA) is 89.3 Å². The van der Waals surface area contributed by atoms with Crippen molar-refractivity contribution in [3.05, 3.63) is 29.8 Å². The van der Waals surface area contributed by atoms with Gasteiger partial charge in [0.05, 0.1) is 18.1 Å². The fourth-order valence-corrected chi connectivity index (χ4v) is 4.20. The molecule has 1 aromatic rings. The van der Waals surface area contributed by atoms with E-state index in [0.717, 1.165) is 5.56 Å². The number of benzene rings is 1. The minimum Gasteiger partial charge on any atom is -0.326 e. The third-order valence-electron chi connectivity index (χ3n) is 3.28. The number of hydrogen-bond acceptors (Lipinski definition) is 4. The van der Waals surface area contributed by atoms with Crippen molar-refractivity contribution in [3.8, 4) is 11.8 Å². The van der Waals surface area contributed by atoms with Crippen LogP contribution in [0.25, 0.3) is 0 Å². The normalized spacial score (nSPS) is 19.6. The van der Waals surface area contributed by atoms with Crippen molar-refractivity contribution in [2.45, 2.75) is 12.8 Å². The van der Waals surface area contributed by atoms with E-state index < -0.39 is 9.84 Å². The van der Waals surface area contributed by atoms with Gasteiger partial charge < -0.3 is 11.1 Å². The number of rotatable bonds is 3. The molecule has 0 aliphatic carbocycles. The molecule has 21 heavy (non-hydrogen) atoms. The van der Waals surface area contributed by atoms with E-state index in [2.05, 4.69) is 17.2 Å². The van der Waals surface area contributed by atoms with Crippen LogP contribution in [-0.4, -0.2) is 32.4 Å². The summed E-state index contributed by atoms with van der Waals surface area (Å²) in [5, 5.41) is 2.78. The van der Waals surface area contributed by atoms with Crippen molar-refractivity contribution < 1.29 is 13.2 Å². The summed E-state index contributed by atoms with van der Waals surface area (Å²) in [7, 11) is -2.94. The van der Waals surface area contributed by atoms with Gasteiger partial charge in [-0.05, 0) is 30.5 Å². The Bertz CT molecular complexity index is 686. The Labute approximate surface area is 124 Å². The lowest BCUT2D eigenvalue weighted by Gasteiger charge is -2.09. The van der Waals surface area contributed by atoms with Crippen molar-refractivity contribution in [2.24, 2.45) is 11.7 Å². The summed E-state index contributed by atoms with van der Waals surface area (Å²) in [5.74, 6) is 5.71. The monoisotopic (exact) mass is 306 g/mol. The zero-order valence-electron chi connectivity index (χ0n) is 11.6. The molecule has 5 nitrogen and oxygen atoms in total. The molecule has 0 radical (unpaired) electrons. The summed E-state index contributed by atoms with van der Waals surface area (Å²) in [6.07, 6.45) is 0.801. The highest BCUT2D eigenvalue weighted by molar-refractivity contribution is 7.91. The van der Waals surface area contributed by atoms with Gasteiger partial charge in [0, 0.05) is 17.7 Å². The summed E-state index contributed by atoms with van der Waals surface area (Å²) < 4.78 is 22.7. The molecule has 112 valence electrons. The number of sulfone groups is 1. The van der Waals surface area contributed by atoms with Crippen LogP contribution >= 0.6 is 0 Å². The first kappa shape index (κ1) is 15.5. The Balaban J connectivity index is 1.94.